The summed E-state index contributed by atoms with van der Waals surface area (Å²) in [6.45, 7) is 7.01. The van der Waals surface area contributed by atoms with Crippen molar-refractivity contribution in [3.05, 3.63) is 53.6 Å². The summed E-state index contributed by atoms with van der Waals surface area (Å²) in [6, 6.07) is 7.86. The molecule has 246 valence electrons. The second kappa shape index (κ2) is 14.9. The van der Waals surface area contributed by atoms with Gasteiger partial charge in [-0.3, -0.25) is 14.5 Å². The maximum Gasteiger partial charge on any atom is 0.416 e. The first-order chi connectivity index (χ1) is 21.3. The molecule has 0 aliphatic carbocycles. The molecule has 2 aromatic rings. The van der Waals surface area contributed by atoms with Gasteiger partial charge in [0.05, 0.1) is 43.5 Å². The van der Waals surface area contributed by atoms with E-state index < -0.39 is 29.9 Å². The summed E-state index contributed by atoms with van der Waals surface area (Å²) in [4.78, 5) is 44.4. The summed E-state index contributed by atoms with van der Waals surface area (Å²) >= 11 is 0. The second-order valence-corrected chi connectivity index (χ2v) is 11.5. The average molecular weight is 636 g/mol. The number of aliphatic hydroxyl groups is 1. The maximum absolute atomic E-state index is 13.7. The number of hydrogen-bond donors (Lipinski definition) is 3. The predicted molar refractivity (Wildman–Crippen MR) is 161 cm³/mol. The zero-order valence-corrected chi connectivity index (χ0v) is 25.6. The van der Waals surface area contributed by atoms with Gasteiger partial charge >= 0.3 is 12.2 Å². The number of amides is 4. The van der Waals surface area contributed by atoms with Gasteiger partial charge in [-0.25, -0.2) is 4.79 Å². The Hall–Kier alpha value is -3.88. The normalized spacial score (nSPS) is 19.9. The van der Waals surface area contributed by atoms with Crippen molar-refractivity contribution in [3.63, 3.8) is 0 Å². The van der Waals surface area contributed by atoms with Crippen LogP contribution in [-0.2, 0) is 15.7 Å². The van der Waals surface area contributed by atoms with Crippen LogP contribution < -0.4 is 15.4 Å². The Labute approximate surface area is 260 Å². The lowest BCUT2D eigenvalue weighted by Gasteiger charge is -2.38. The van der Waals surface area contributed by atoms with Gasteiger partial charge in [0.15, 0.2) is 0 Å². The molecule has 0 unspecified atom stereocenters. The van der Waals surface area contributed by atoms with Crippen LogP contribution in [0.5, 0.6) is 5.75 Å². The molecular formula is C31H40F3N5O6. The van der Waals surface area contributed by atoms with Crippen molar-refractivity contribution in [1.82, 2.24) is 14.7 Å². The summed E-state index contributed by atoms with van der Waals surface area (Å²) in [5, 5.41) is 15.4. The van der Waals surface area contributed by atoms with E-state index in [0.29, 0.717) is 25.4 Å². The number of benzene rings is 2. The molecule has 0 bridgehead atoms. The van der Waals surface area contributed by atoms with Gasteiger partial charge in [0.2, 0.25) is 5.91 Å². The fourth-order valence-corrected chi connectivity index (χ4v) is 5.14. The lowest BCUT2D eigenvalue weighted by atomic mass is 9.99. The third kappa shape index (κ3) is 9.08. The molecule has 2 aromatic carbocycles. The van der Waals surface area contributed by atoms with E-state index >= 15 is 0 Å². The SMILES string of the molecule is C[C@H](CO)N1C[C@H](C)[C@@H](CN(C)C(=O)Nc2ccc(C(F)(F)F)cc2)Oc2ccc(NC(=O)CCN3CCOCC3)cc2C1=O. The van der Waals surface area contributed by atoms with E-state index in [1.54, 1.807) is 30.0 Å². The molecule has 1 saturated heterocycles. The Balaban J connectivity index is 1.48. The number of morpholine rings is 1. The van der Waals surface area contributed by atoms with Crippen molar-refractivity contribution in [3.8, 4) is 5.75 Å². The second-order valence-electron chi connectivity index (χ2n) is 11.5. The molecule has 4 amide bonds. The standard InChI is InChI=1S/C31H40F3N5O6/c1-20-17-39(21(2)19-40)29(42)25-16-24(35-28(41)10-11-38-12-14-44-15-13-38)8-9-26(25)45-27(20)18-37(3)30(43)36-23-6-4-22(5-7-23)31(32,33)34/h4-9,16,20-21,27,40H,10-15,17-19H2,1-3H3,(H,35,41)(H,36,43)/t20-,21+,27+/m0/s1. The number of nitrogens with one attached hydrogen (secondary N) is 2. The van der Waals surface area contributed by atoms with Gasteiger partial charge in [-0.2, -0.15) is 13.2 Å². The molecule has 1 fully saturated rings. The molecule has 0 saturated carbocycles. The van der Waals surface area contributed by atoms with Crippen LogP contribution in [0, 0.1) is 5.92 Å². The zero-order valence-electron chi connectivity index (χ0n) is 25.6. The fraction of sp³-hybridized carbons (Fsp3) is 0.516. The molecule has 45 heavy (non-hydrogen) atoms. The maximum atomic E-state index is 13.7. The highest BCUT2D eigenvalue weighted by molar-refractivity contribution is 6.00. The lowest BCUT2D eigenvalue weighted by Crippen LogP contribution is -2.50. The van der Waals surface area contributed by atoms with E-state index in [1.165, 1.54) is 24.1 Å². The Morgan fingerprint density at radius 3 is 2.40 bits per heavy atom. The molecule has 2 aliphatic heterocycles. The van der Waals surface area contributed by atoms with Crippen LogP contribution >= 0.6 is 0 Å². The van der Waals surface area contributed by atoms with Crippen LogP contribution in [0.3, 0.4) is 0 Å². The Morgan fingerprint density at radius 2 is 1.76 bits per heavy atom. The van der Waals surface area contributed by atoms with E-state index in [1.807, 2.05) is 6.92 Å². The zero-order chi connectivity index (χ0) is 32.7. The third-order valence-electron chi connectivity index (χ3n) is 7.97. The lowest BCUT2D eigenvalue weighted by molar-refractivity contribution is -0.137. The molecule has 2 heterocycles. The number of aliphatic hydroxyl groups excluding tert-OH is 1. The third-order valence-corrected chi connectivity index (χ3v) is 7.97. The predicted octanol–water partition coefficient (Wildman–Crippen LogP) is 3.75. The Bertz CT molecular complexity index is 1340. The van der Waals surface area contributed by atoms with Crippen molar-refractivity contribution in [2.75, 3.05) is 70.2 Å². The van der Waals surface area contributed by atoms with Gasteiger partial charge < -0.3 is 35.0 Å². The first-order valence-corrected chi connectivity index (χ1v) is 14.9. The van der Waals surface area contributed by atoms with E-state index in [9.17, 15) is 32.7 Å². The molecule has 11 nitrogen and oxygen atoms in total. The van der Waals surface area contributed by atoms with Crippen molar-refractivity contribution in [2.45, 2.75) is 38.6 Å². The van der Waals surface area contributed by atoms with Gasteiger partial charge in [-0.15, -0.1) is 0 Å². The van der Waals surface area contributed by atoms with E-state index in [2.05, 4.69) is 15.5 Å². The first kappa shape index (κ1) is 34.0. The minimum Gasteiger partial charge on any atom is -0.487 e. The number of halogens is 3. The van der Waals surface area contributed by atoms with Crippen LogP contribution in [0.25, 0.3) is 0 Å². The molecule has 3 N–H and O–H groups in total. The van der Waals surface area contributed by atoms with Crippen molar-refractivity contribution in [1.29, 1.82) is 0 Å². The molecule has 14 heteroatoms. The molecule has 4 rings (SSSR count). The number of carbonyl (C=O) groups excluding carboxylic acids is 3. The molecule has 2 aliphatic rings. The molecule has 3 atom stereocenters. The largest absolute Gasteiger partial charge is 0.487 e. The van der Waals surface area contributed by atoms with Gasteiger partial charge in [-0.05, 0) is 49.4 Å². The van der Waals surface area contributed by atoms with Crippen molar-refractivity contribution < 1.29 is 42.1 Å². The van der Waals surface area contributed by atoms with Crippen LogP contribution in [0.4, 0.5) is 29.3 Å². The number of carbonyl (C=O) groups is 3. The summed E-state index contributed by atoms with van der Waals surface area (Å²) in [5.74, 6) is -0.588. The summed E-state index contributed by atoms with van der Waals surface area (Å²) < 4.78 is 50.4. The number of ether oxygens (including phenoxy) is 2. The average Bonchev–Trinajstić information content (AvgIpc) is 3.01. The number of alkyl halides is 3. The van der Waals surface area contributed by atoms with Gasteiger partial charge in [0.25, 0.3) is 5.91 Å². The highest BCUT2D eigenvalue weighted by Crippen LogP contribution is 2.32. The molecular weight excluding hydrogens is 595 g/mol. The molecule has 0 spiro atoms. The quantitative estimate of drug-likeness (QED) is 0.384. The number of fused-ring (bicyclic) bond motifs is 1. The van der Waals surface area contributed by atoms with Gasteiger partial charge in [-0.1, -0.05) is 6.92 Å². The fourth-order valence-electron chi connectivity index (χ4n) is 5.14. The number of likely N-dealkylation sites (N-methyl/N-ethyl adjacent to an activating group) is 1. The monoisotopic (exact) mass is 635 g/mol. The van der Waals surface area contributed by atoms with Gasteiger partial charge in [0, 0.05) is 56.9 Å². The Kier molecular flexibility index (Phi) is 11.3. The molecule has 0 aromatic heterocycles. The van der Waals surface area contributed by atoms with Crippen LogP contribution in [-0.4, -0.2) is 109 Å². The number of hydrogen-bond acceptors (Lipinski definition) is 7. The van der Waals surface area contributed by atoms with Crippen LogP contribution in [0.2, 0.25) is 0 Å². The topological polar surface area (TPSA) is 124 Å². The summed E-state index contributed by atoms with van der Waals surface area (Å²) in [7, 11) is 1.53. The van der Waals surface area contributed by atoms with Crippen LogP contribution in [0.15, 0.2) is 42.5 Å². The smallest absolute Gasteiger partial charge is 0.416 e. The van der Waals surface area contributed by atoms with E-state index in [4.69, 9.17) is 9.47 Å². The number of urea groups is 1. The summed E-state index contributed by atoms with van der Waals surface area (Å²) in [6.07, 6.45) is -4.81. The van der Waals surface area contributed by atoms with Crippen molar-refractivity contribution in [2.24, 2.45) is 5.92 Å². The Morgan fingerprint density at radius 1 is 1.09 bits per heavy atom. The number of rotatable bonds is 9. The number of nitrogens with zero attached hydrogens (tertiary/aromatic N) is 3. The number of anilines is 2. The minimum atomic E-state index is -4.49. The molecule has 0 radical (unpaired) electrons. The van der Waals surface area contributed by atoms with Crippen LogP contribution in [0.1, 0.15) is 36.2 Å². The summed E-state index contributed by atoms with van der Waals surface area (Å²) in [5.41, 5.74) is 0.00334. The first-order valence-electron chi connectivity index (χ1n) is 14.9. The van der Waals surface area contributed by atoms with Crippen molar-refractivity contribution >= 4 is 29.2 Å². The van der Waals surface area contributed by atoms with Gasteiger partial charge in [0.1, 0.15) is 11.9 Å². The minimum absolute atomic E-state index is 0.0860. The van der Waals surface area contributed by atoms with E-state index in [-0.39, 0.29) is 60.8 Å². The highest BCUT2D eigenvalue weighted by Gasteiger charge is 2.34. The highest BCUT2D eigenvalue weighted by atomic mass is 19.4. The van der Waals surface area contributed by atoms with E-state index in [0.717, 1.165) is 25.2 Å².